The fourth-order valence-corrected chi connectivity index (χ4v) is 5.27. The molecule has 1 aliphatic heterocycles. The summed E-state index contributed by atoms with van der Waals surface area (Å²) < 4.78 is 7.24. The molecule has 2 aliphatic rings. The van der Waals surface area contributed by atoms with Crippen molar-refractivity contribution in [1.82, 2.24) is 19.7 Å². The van der Waals surface area contributed by atoms with Crippen LogP contribution in [0, 0.1) is 5.92 Å². The molecule has 1 aliphatic carbocycles. The van der Waals surface area contributed by atoms with Crippen molar-refractivity contribution in [2.24, 2.45) is 18.1 Å². The summed E-state index contributed by atoms with van der Waals surface area (Å²) in [5.41, 5.74) is 10.9. The van der Waals surface area contributed by atoms with Crippen LogP contribution in [0.2, 0.25) is 0 Å². The Morgan fingerprint density at radius 2 is 2.06 bits per heavy atom. The molecule has 1 N–H and O–H groups in total. The first-order valence-corrected chi connectivity index (χ1v) is 11.6. The van der Waals surface area contributed by atoms with Crippen molar-refractivity contribution in [2.45, 2.75) is 64.0 Å². The van der Waals surface area contributed by atoms with Gasteiger partial charge in [-0.15, -0.1) is 0 Å². The van der Waals surface area contributed by atoms with Gasteiger partial charge in [0.1, 0.15) is 17.2 Å². The average Bonchev–Trinajstić information content (AvgIpc) is 3.42. The summed E-state index contributed by atoms with van der Waals surface area (Å²) in [6, 6.07) is 5.41. The van der Waals surface area contributed by atoms with Crippen molar-refractivity contribution < 1.29 is 9.53 Å². The SMILES string of the molecule is Cn1nc(C(C)(N=[N+]=[N-])C2CCCC2)c2cc(Nc3ccc4c(n3)CC(C)(C)OC4=O)ncc21. The highest BCUT2D eigenvalue weighted by Crippen LogP contribution is 2.45. The molecule has 0 amide bonds. The Morgan fingerprint density at radius 1 is 1.29 bits per heavy atom. The van der Waals surface area contributed by atoms with Gasteiger partial charge in [-0.25, -0.2) is 14.8 Å². The predicted octanol–water partition coefficient (Wildman–Crippen LogP) is 5.31. The molecule has 10 heteroatoms. The Kier molecular flexibility index (Phi) is 5.20. The Balaban J connectivity index is 1.53. The van der Waals surface area contributed by atoms with E-state index in [0.717, 1.165) is 42.3 Å². The van der Waals surface area contributed by atoms with Crippen molar-refractivity contribution in [1.29, 1.82) is 0 Å². The first kappa shape index (κ1) is 22.2. The van der Waals surface area contributed by atoms with Gasteiger partial charge in [0.05, 0.1) is 34.2 Å². The van der Waals surface area contributed by atoms with Crippen LogP contribution in [0.3, 0.4) is 0 Å². The number of hydrogen-bond acceptors (Lipinski definition) is 7. The van der Waals surface area contributed by atoms with Gasteiger partial charge < -0.3 is 10.1 Å². The lowest BCUT2D eigenvalue weighted by Gasteiger charge is -2.30. The molecule has 1 unspecified atom stereocenters. The molecule has 4 heterocycles. The maximum absolute atomic E-state index is 12.3. The molecule has 0 aromatic carbocycles. The minimum absolute atomic E-state index is 0.247. The van der Waals surface area contributed by atoms with Gasteiger partial charge in [0.2, 0.25) is 0 Å². The van der Waals surface area contributed by atoms with Gasteiger partial charge in [-0.2, -0.15) is 5.10 Å². The van der Waals surface area contributed by atoms with E-state index in [1.165, 1.54) is 0 Å². The number of carbonyl (C=O) groups excluding carboxylic acids is 1. The topological polar surface area (TPSA) is 131 Å². The smallest absolute Gasteiger partial charge is 0.340 e. The number of cyclic esters (lactones) is 1. The van der Waals surface area contributed by atoms with Gasteiger partial charge >= 0.3 is 5.97 Å². The Hall–Kier alpha value is -3.65. The van der Waals surface area contributed by atoms with Crippen LogP contribution in [0.4, 0.5) is 11.6 Å². The van der Waals surface area contributed by atoms with E-state index in [9.17, 15) is 10.3 Å². The van der Waals surface area contributed by atoms with E-state index in [-0.39, 0.29) is 11.9 Å². The Labute approximate surface area is 197 Å². The summed E-state index contributed by atoms with van der Waals surface area (Å²) in [4.78, 5) is 24.7. The molecule has 3 aromatic rings. The minimum Gasteiger partial charge on any atom is -0.456 e. The van der Waals surface area contributed by atoms with E-state index in [1.54, 1.807) is 23.0 Å². The third kappa shape index (κ3) is 3.74. The standard InChI is InChI=1S/C24H28N8O2/c1-23(2)12-17-15(22(33)34-23)9-10-19(27-17)28-20-11-16-18(13-26-20)32(4)29-21(16)24(3,30-31-25)14-7-5-6-8-14/h9-11,13-14H,5-8,12H2,1-4H3,(H,26,27,28). The normalized spacial score (nSPS) is 19.2. The van der Waals surface area contributed by atoms with Crippen LogP contribution < -0.4 is 5.32 Å². The number of aryl methyl sites for hydroxylation is 1. The fourth-order valence-electron chi connectivity index (χ4n) is 5.27. The van der Waals surface area contributed by atoms with Crippen molar-refractivity contribution in [3.8, 4) is 0 Å². The number of azide groups is 1. The van der Waals surface area contributed by atoms with Crippen LogP contribution in [0.25, 0.3) is 21.3 Å². The first-order chi connectivity index (χ1) is 16.2. The lowest BCUT2D eigenvalue weighted by Crippen LogP contribution is -2.36. The van der Waals surface area contributed by atoms with Crippen LogP contribution in [0.15, 0.2) is 29.5 Å². The number of nitrogens with one attached hydrogen (secondary N) is 1. The molecule has 0 saturated heterocycles. The molecular formula is C24H28N8O2. The van der Waals surface area contributed by atoms with E-state index < -0.39 is 11.1 Å². The van der Waals surface area contributed by atoms with Gasteiger partial charge in [0.25, 0.3) is 0 Å². The molecule has 5 rings (SSSR count). The number of ether oxygens (including phenoxy) is 1. The Bertz CT molecular complexity index is 1330. The zero-order chi connectivity index (χ0) is 24.1. The van der Waals surface area contributed by atoms with Crippen molar-refractivity contribution in [3.63, 3.8) is 0 Å². The second-order valence-electron chi connectivity index (χ2n) is 10.0. The predicted molar refractivity (Wildman–Crippen MR) is 128 cm³/mol. The molecule has 0 radical (unpaired) electrons. The quantitative estimate of drug-likeness (QED) is 0.237. The average molecular weight is 461 g/mol. The van der Waals surface area contributed by atoms with E-state index in [4.69, 9.17) is 9.84 Å². The third-order valence-electron chi connectivity index (χ3n) is 7.03. The maximum Gasteiger partial charge on any atom is 0.340 e. The highest BCUT2D eigenvalue weighted by atomic mass is 16.6. The highest BCUT2D eigenvalue weighted by molar-refractivity contribution is 5.92. The number of fused-ring (bicyclic) bond motifs is 2. The van der Waals surface area contributed by atoms with Crippen molar-refractivity contribution in [2.75, 3.05) is 5.32 Å². The summed E-state index contributed by atoms with van der Waals surface area (Å²) in [6.07, 6.45) is 6.60. The molecule has 1 atom stereocenters. The first-order valence-electron chi connectivity index (χ1n) is 11.6. The number of esters is 1. The van der Waals surface area contributed by atoms with Crippen LogP contribution in [0.5, 0.6) is 0 Å². The zero-order valence-corrected chi connectivity index (χ0v) is 19.9. The number of rotatable bonds is 5. The summed E-state index contributed by atoms with van der Waals surface area (Å²) in [5.74, 6) is 1.09. The van der Waals surface area contributed by atoms with E-state index in [0.29, 0.717) is 29.3 Å². The van der Waals surface area contributed by atoms with E-state index in [1.807, 2.05) is 33.9 Å². The fraction of sp³-hybridized carbons (Fsp3) is 0.500. The van der Waals surface area contributed by atoms with E-state index >= 15 is 0 Å². The second kappa shape index (κ2) is 7.99. The zero-order valence-electron chi connectivity index (χ0n) is 19.9. The number of carbonyl (C=O) groups is 1. The van der Waals surface area contributed by atoms with Gasteiger partial charge in [0, 0.05) is 23.8 Å². The summed E-state index contributed by atoms with van der Waals surface area (Å²) in [7, 11) is 1.87. The summed E-state index contributed by atoms with van der Waals surface area (Å²) in [5, 5.41) is 13.2. The van der Waals surface area contributed by atoms with Gasteiger partial charge in [-0.05, 0) is 63.3 Å². The summed E-state index contributed by atoms with van der Waals surface area (Å²) >= 11 is 0. The molecule has 1 fully saturated rings. The lowest BCUT2D eigenvalue weighted by molar-refractivity contribution is -0.00714. The highest BCUT2D eigenvalue weighted by Gasteiger charge is 2.40. The molecule has 0 bridgehead atoms. The minimum atomic E-state index is -0.737. The van der Waals surface area contributed by atoms with Crippen LogP contribution in [-0.4, -0.2) is 31.3 Å². The number of pyridine rings is 2. The maximum atomic E-state index is 12.3. The largest absolute Gasteiger partial charge is 0.456 e. The third-order valence-corrected chi connectivity index (χ3v) is 7.03. The number of nitrogens with zero attached hydrogens (tertiary/aromatic N) is 7. The molecule has 34 heavy (non-hydrogen) atoms. The van der Waals surface area contributed by atoms with Crippen molar-refractivity contribution >= 4 is 28.5 Å². The van der Waals surface area contributed by atoms with Gasteiger partial charge in [-0.1, -0.05) is 18.0 Å². The van der Waals surface area contributed by atoms with Gasteiger partial charge in [-0.3, -0.25) is 4.68 Å². The second-order valence-corrected chi connectivity index (χ2v) is 10.0. The van der Waals surface area contributed by atoms with Gasteiger partial charge in [0.15, 0.2) is 0 Å². The van der Waals surface area contributed by atoms with Crippen LogP contribution in [-0.2, 0) is 23.7 Å². The molecular weight excluding hydrogens is 432 g/mol. The molecule has 3 aromatic heterocycles. The van der Waals surface area contributed by atoms with E-state index in [2.05, 4.69) is 25.3 Å². The molecule has 0 spiro atoms. The molecule has 1 saturated carbocycles. The molecule has 176 valence electrons. The number of aromatic nitrogens is 4. The number of hydrogen-bond donors (Lipinski definition) is 1. The van der Waals surface area contributed by atoms with Crippen LogP contribution >= 0.6 is 0 Å². The number of anilines is 2. The monoisotopic (exact) mass is 460 g/mol. The van der Waals surface area contributed by atoms with Crippen LogP contribution in [0.1, 0.15) is 68.2 Å². The van der Waals surface area contributed by atoms with Crippen molar-refractivity contribution in [3.05, 3.63) is 51.8 Å². The Morgan fingerprint density at radius 3 is 2.79 bits per heavy atom. The summed E-state index contributed by atoms with van der Waals surface area (Å²) in [6.45, 7) is 5.74. The lowest BCUT2D eigenvalue weighted by atomic mass is 9.81. The molecule has 10 nitrogen and oxygen atoms in total.